The van der Waals surface area contributed by atoms with Crippen LogP contribution in [0.25, 0.3) is 22.3 Å². The van der Waals surface area contributed by atoms with Crippen LogP contribution in [0.5, 0.6) is 0 Å². The summed E-state index contributed by atoms with van der Waals surface area (Å²) in [6, 6.07) is 0. The molecule has 0 amide bonds. The Hall–Kier alpha value is -3.44. The lowest BCUT2D eigenvalue weighted by molar-refractivity contribution is -0.0674. The molecule has 23 nitrogen and oxygen atoms in total. The number of anilines is 2. The minimum atomic E-state index is -5.03. The molecule has 8 N–H and O–H groups in total. The molecule has 7 heterocycles. The fourth-order valence-corrected chi connectivity index (χ4v) is 7.51. The molecule has 0 aliphatic carbocycles. The minimum absolute atomic E-state index is 0.0606. The number of imidazole rings is 2. The summed E-state index contributed by atoms with van der Waals surface area (Å²) in [6.45, 7) is -1.46. The highest BCUT2D eigenvalue weighted by Gasteiger charge is 2.54. The second-order valence-corrected chi connectivity index (χ2v) is 13.4. The number of hydrogen-bond acceptors (Lipinski definition) is 19. The SMILES string of the molecule is COP1(=O)OC[C@H]2O[C@@H](n3cnc4c(=O)[nH]c(N)nc43)C(O)C2OP(=O)(O)OC[C@H]2O[C@@H](n3cnc4c(N)ncnc43)C(O)C2O1. The van der Waals surface area contributed by atoms with Gasteiger partial charge in [0.05, 0.1) is 25.9 Å². The lowest BCUT2D eigenvalue weighted by Crippen LogP contribution is -2.39. The number of ether oxygens (including phenoxy) is 2. The van der Waals surface area contributed by atoms with E-state index in [9.17, 15) is 29.0 Å². The molecule has 3 fully saturated rings. The summed E-state index contributed by atoms with van der Waals surface area (Å²) in [7, 11) is -8.56. The fourth-order valence-electron chi connectivity index (χ4n) is 5.40. The van der Waals surface area contributed by atoms with Gasteiger partial charge in [0.15, 0.2) is 35.1 Å². The summed E-state index contributed by atoms with van der Waals surface area (Å²) >= 11 is 0. The number of aliphatic hydroxyl groups is 2. The Bertz CT molecular complexity index is 1950. The third-order valence-electron chi connectivity index (χ3n) is 7.53. The van der Waals surface area contributed by atoms with Crippen molar-refractivity contribution in [1.82, 2.24) is 39.0 Å². The highest BCUT2D eigenvalue weighted by Crippen LogP contribution is 2.55. The summed E-state index contributed by atoms with van der Waals surface area (Å²) in [6.07, 6.45) is -8.44. The van der Waals surface area contributed by atoms with Gasteiger partial charge in [0.2, 0.25) is 5.95 Å². The average Bonchev–Trinajstić information content (AvgIpc) is 3.76. The summed E-state index contributed by atoms with van der Waals surface area (Å²) in [5.41, 5.74) is 11.0. The Kier molecular flexibility index (Phi) is 7.70. The van der Waals surface area contributed by atoms with Crippen LogP contribution >= 0.6 is 15.6 Å². The first kappa shape index (κ1) is 31.2. The Balaban J connectivity index is 1.19. The largest absolute Gasteiger partial charge is 0.475 e. The molecule has 0 radical (unpaired) electrons. The molecule has 3 aliphatic rings. The smallest absolute Gasteiger partial charge is 0.386 e. The van der Waals surface area contributed by atoms with E-state index in [4.69, 9.17) is 43.6 Å². The number of aromatic amines is 1. The maximum Gasteiger partial charge on any atom is 0.475 e. The molecule has 0 spiro atoms. The van der Waals surface area contributed by atoms with Crippen LogP contribution in [0.3, 0.4) is 0 Å². The van der Waals surface area contributed by atoms with Crippen molar-refractivity contribution in [2.45, 2.75) is 49.1 Å². The van der Waals surface area contributed by atoms with Crippen LogP contribution in [0, 0.1) is 0 Å². The van der Waals surface area contributed by atoms with Gasteiger partial charge in [-0.05, 0) is 0 Å². The van der Waals surface area contributed by atoms with E-state index in [1.54, 1.807) is 0 Å². The van der Waals surface area contributed by atoms with Crippen molar-refractivity contribution in [2.75, 3.05) is 31.8 Å². The Morgan fingerprint density at radius 1 is 0.913 bits per heavy atom. The molecule has 4 aromatic heterocycles. The summed E-state index contributed by atoms with van der Waals surface area (Å²) in [5, 5.41) is 22.5. The number of nitrogen functional groups attached to an aromatic ring is 2. The van der Waals surface area contributed by atoms with Gasteiger partial charge in [0, 0.05) is 7.11 Å². The second kappa shape index (κ2) is 11.4. The average molecular weight is 688 g/mol. The first-order chi connectivity index (χ1) is 21.9. The predicted molar refractivity (Wildman–Crippen MR) is 148 cm³/mol. The van der Waals surface area contributed by atoms with E-state index < -0.39 is 83.5 Å². The van der Waals surface area contributed by atoms with Crippen molar-refractivity contribution in [3.63, 3.8) is 0 Å². The number of phosphoric acid groups is 2. The van der Waals surface area contributed by atoms with Gasteiger partial charge in [-0.25, -0.2) is 29.1 Å². The number of hydrogen-bond donors (Lipinski definition) is 6. The maximum absolute atomic E-state index is 13.7. The highest BCUT2D eigenvalue weighted by molar-refractivity contribution is 7.48. The zero-order valence-electron chi connectivity index (χ0n) is 23.4. The topological polar surface area (TPSA) is 319 Å². The van der Waals surface area contributed by atoms with Crippen LogP contribution in [0.2, 0.25) is 0 Å². The molecular weight excluding hydrogens is 662 g/mol. The molecule has 6 unspecified atom stereocenters. The number of aliphatic hydroxyl groups excluding tert-OH is 2. The van der Waals surface area contributed by atoms with Crippen molar-refractivity contribution in [2.24, 2.45) is 0 Å². The van der Waals surface area contributed by atoms with E-state index >= 15 is 0 Å². The van der Waals surface area contributed by atoms with Crippen LogP contribution in [0.1, 0.15) is 12.5 Å². The molecule has 25 heteroatoms. The monoisotopic (exact) mass is 688 g/mol. The number of fused-ring (bicyclic) bond motifs is 4. The predicted octanol–water partition coefficient (Wildman–Crippen LogP) is -1.69. The Morgan fingerprint density at radius 2 is 1.52 bits per heavy atom. The Labute approximate surface area is 255 Å². The second-order valence-electron chi connectivity index (χ2n) is 10.3. The summed E-state index contributed by atoms with van der Waals surface area (Å²) in [5.74, 6) is -0.189. The summed E-state index contributed by atoms with van der Waals surface area (Å²) in [4.78, 5) is 45.3. The van der Waals surface area contributed by atoms with Crippen LogP contribution in [0.15, 0.2) is 23.8 Å². The standard InChI is InChI=1S/C21H26N10O13P2/c1-38-46(37)40-3-8-13(11(32)20(42-8)31-6-27-10-17(31)28-21(23)29-18(10)34)43-45(35,36)39-2-7-14(44-46)12(33)19(41-7)30-5-26-9-15(22)24-4-25-16(9)30/h4-8,11-14,19-20,32-33H,2-3H2,1H3,(H,35,36)(H2,22,24,25)(H3,23,28,29,34)/t7-,8-,11?,12?,13?,14?,19-,20-,46?/m1/s1. The number of nitrogens with zero attached hydrogens (tertiary/aromatic N) is 7. The van der Waals surface area contributed by atoms with Crippen LogP contribution in [0.4, 0.5) is 11.8 Å². The number of nitrogens with one attached hydrogen (secondary N) is 1. The number of aromatic nitrogens is 8. The Morgan fingerprint density at radius 3 is 2.20 bits per heavy atom. The van der Waals surface area contributed by atoms with Crippen LogP contribution in [-0.4, -0.2) is 111 Å². The molecule has 0 aromatic carbocycles. The van der Waals surface area contributed by atoms with Crippen molar-refractivity contribution < 1.29 is 56.3 Å². The van der Waals surface area contributed by atoms with Gasteiger partial charge in [-0.3, -0.25) is 41.5 Å². The van der Waals surface area contributed by atoms with E-state index in [0.29, 0.717) is 0 Å². The molecule has 3 saturated heterocycles. The number of H-pyrrole nitrogens is 1. The van der Waals surface area contributed by atoms with Gasteiger partial charge >= 0.3 is 15.6 Å². The zero-order chi connectivity index (χ0) is 32.5. The van der Waals surface area contributed by atoms with Crippen molar-refractivity contribution >= 4 is 49.7 Å². The summed E-state index contributed by atoms with van der Waals surface area (Å²) < 4.78 is 67.8. The maximum atomic E-state index is 13.7. The highest BCUT2D eigenvalue weighted by atomic mass is 31.2. The molecule has 7 rings (SSSR count). The molecular formula is C21H26N10O13P2. The van der Waals surface area contributed by atoms with E-state index in [1.807, 2.05) is 0 Å². The lowest BCUT2D eigenvalue weighted by atomic mass is 10.1. The molecule has 10 atom stereocenters. The molecule has 3 aliphatic heterocycles. The van der Waals surface area contributed by atoms with Gasteiger partial charge in [-0.2, -0.15) is 4.98 Å². The van der Waals surface area contributed by atoms with Gasteiger partial charge < -0.3 is 36.0 Å². The van der Waals surface area contributed by atoms with Crippen molar-refractivity contribution in [3.8, 4) is 0 Å². The number of nitrogens with two attached hydrogens (primary N) is 2. The first-order valence-corrected chi connectivity index (χ1v) is 16.3. The van der Waals surface area contributed by atoms with E-state index in [-0.39, 0.29) is 34.1 Å². The van der Waals surface area contributed by atoms with Gasteiger partial charge in [-0.1, -0.05) is 0 Å². The molecule has 4 aromatic rings. The fraction of sp³-hybridized carbons (Fsp3) is 0.524. The van der Waals surface area contributed by atoms with E-state index in [1.165, 1.54) is 17.2 Å². The van der Waals surface area contributed by atoms with E-state index in [2.05, 4.69) is 29.9 Å². The molecule has 0 bridgehead atoms. The van der Waals surface area contributed by atoms with Crippen LogP contribution in [-0.2, 0) is 41.2 Å². The van der Waals surface area contributed by atoms with Crippen molar-refractivity contribution in [1.29, 1.82) is 0 Å². The quantitative estimate of drug-likeness (QED) is 0.131. The number of rotatable bonds is 3. The third-order valence-corrected chi connectivity index (χ3v) is 9.93. The zero-order valence-corrected chi connectivity index (χ0v) is 25.2. The van der Waals surface area contributed by atoms with Gasteiger partial charge in [0.1, 0.15) is 48.5 Å². The molecule has 248 valence electrons. The third kappa shape index (κ3) is 5.29. The minimum Gasteiger partial charge on any atom is -0.386 e. The molecule has 0 saturated carbocycles. The van der Waals surface area contributed by atoms with Crippen molar-refractivity contribution in [3.05, 3.63) is 29.3 Å². The number of phosphoric ester groups is 2. The normalized spacial score (nSPS) is 37.1. The molecule has 46 heavy (non-hydrogen) atoms. The lowest BCUT2D eigenvalue weighted by Gasteiger charge is -2.28. The van der Waals surface area contributed by atoms with Gasteiger partial charge in [-0.15, -0.1) is 0 Å². The van der Waals surface area contributed by atoms with E-state index in [0.717, 1.165) is 18.0 Å². The van der Waals surface area contributed by atoms with Gasteiger partial charge in [0.25, 0.3) is 5.56 Å². The first-order valence-electron chi connectivity index (χ1n) is 13.3. The van der Waals surface area contributed by atoms with Crippen LogP contribution < -0.4 is 17.0 Å².